The molecule has 18 heavy (non-hydrogen) atoms. The van der Waals surface area contributed by atoms with Gasteiger partial charge in [-0.25, -0.2) is 0 Å². The Morgan fingerprint density at radius 3 is 2.22 bits per heavy atom. The van der Waals surface area contributed by atoms with Gasteiger partial charge >= 0.3 is 5.97 Å². The van der Waals surface area contributed by atoms with Crippen molar-refractivity contribution in [2.45, 2.75) is 20.3 Å². The molecule has 0 atom stereocenters. The van der Waals surface area contributed by atoms with E-state index in [4.69, 9.17) is 14.6 Å². The Morgan fingerprint density at radius 1 is 1.22 bits per heavy atom. The molecule has 0 aromatic heterocycles. The molecule has 0 amide bonds. The maximum Gasteiger partial charge on any atom is 0.309 e. The Labute approximate surface area is 106 Å². The molecule has 0 radical (unpaired) electrons. The number of aliphatic carboxylic acids is 1. The SMILES string of the molecule is COc1cc(CC(C)(C)C(=O)O)c(OC)cc1O. The van der Waals surface area contributed by atoms with Gasteiger partial charge in [0.2, 0.25) is 0 Å². The first-order chi connectivity index (χ1) is 8.31. The summed E-state index contributed by atoms with van der Waals surface area (Å²) in [4.78, 5) is 11.1. The fourth-order valence-corrected chi connectivity index (χ4v) is 1.63. The summed E-state index contributed by atoms with van der Waals surface area (Å²) in [6, 6.07) is 3.02. The highest BCUT2D eigenvalue weighted by molar-refractivity contribution is 5.74. The van der Waals surface area contributed by atoms with Crippen LogP contribution in [0.5, 0.6) is 17.2 Å². The molecule has 1 aromatic rings. The number of phenolic OH excluding ortho intramolecular Hbond substituents is 1. The van der Waals surface area contributed by atoms with Gasteiger partial charge in [-0.2, -0.15) is 0 Å². The number of carbonyl (C=O) groups is 1. The highest BCUT2D eigenvalue weighted by Gasteiger charge is 2.29. The van der Waals surface area contributed by atoms with E-state index in [0.29, 0.717) is 17.1 Å². The molecule has 0 fully saturated rings. The molecule has 0 bridgehead atoms. The van der Waals surface area contributed by atoms with E-state index >= 15 is 0 Å². The zero-order valence-electron chi connectivity index (χ0n) is 11.0. The molecule has 0 aliphatic carbocycles. The second kappa shape index (κ2) is 5.16. The molecule has 0 aliphatic heterocycles. The molecule has 100 valence electrons. The first-order valence-corrected chi connectivity index (χ1v) is 5.49. The summed E-state index contributed by atoms with van der Waals surface area (Å²) in [6.45, 7) is 3.27. The van der Waals surface area contributed by atoms with Gasteiger partial charge in [0.25, 0.3) is 0 Å². The summed E-state index contributed by atoms with van der Waals surface area (Å²) in [5.41, 5.74) is -0.241. The van der Waals surface area contributed by atoms with E-state index in [9.17, 15) is 9.90 Å². The normalized spacial score (nSPS) is 11.1. The summed E-state index contributed by atoms with van der Waals surface area (Å²) in [7, 11) is 2.91. The maximum atomic E-state index is 11.1. The van der Waals surface area contributed by atoms with Crippen LogP contribution >= 0.6 is 0 Å². The van der Waals surface area contributed by atoms with E-state index in [2.05, 4.69) is 0 Å². The topological polar surface area (TPSA) is 76.0 Å². The number of carboxylic acid groups (broad SMARTS) is 1. The number of hydrogen-bond donors (Lipinski definition) is 2. The lowest BCUT2D eigenvalue weighted by Crippen LogP contribution is -2.26. The van der Waals surface area contributed by atoms with Crippen molar-refractivity contribution in [1.82, 2.24) is 0 Å². The second-order valence-electron chi connectivity index (χ2n) is 4.70. The highest BCUT2D eigenvalue weighted by Crippen LogP contribution is 2.36. The molecule has 0 saturated heterocycles. The standard InChI is InChI=1S/C13H18O5/c1-13(2,12(15)16)7-8-5-11(18-4)9(14)6-10(8)17-3/h5-6,14H,7H2,1-4H3,(H,15,16). The van der Waals surface area contributed by atoms with E-state index in [1.165, 1.54) is 20.3 Å². The minimum Gasteiger partial charge on any atom is -0.504 e. The van der Waals surface area contributed by atoms with Crippen molar-refractivity contribution in [3.63, 3.8) is 0 Å². The van der Waals surface area contributed by atoms with Crippen LogP contribution in [0.1, 0.15) is 19.4 Å². The van der Waals surface area contributed by atoms with E-state index in [1.807, 2.05) is 0 Å². The van der Waals surface area contributed by atoms with Gasteiger partial charge in [-0.05, 0) is 31.9 Å². The largest absolute Gasteiger partial charge is 0.504 e. The van der Waals surface area contributed by atoms with Crippen molar-refractivity contribution >= 4 is 5.97 Å². The third-order valence-electron chi connectivity index (χ3n) is 2.79. The van der Waals surface area contributed by atoms with E-state index in [0.717, 1.165) is 0 Å². The molecule has 0 heterocycles. The summed E-state index contributed by atoms with van der Waals surface area (Å²) >= 11 is 0. The van der Waals surface area contributed by atoms with Gasteiger partial charge in [-0.1, -0.05) is 0 Å². The smallest absolute Gasteiger partial charge is 0.309 e. The third kappa shape index (κ3) is 2.85. The first kappa shape index (κ1) is 14.2. The first-order valence-electron chi connectivity index (χ1n) is 5.49. The van der Waals surface area contributed by atoms with E-state index < -0.39 is 11.4 Å². The van der Waals surface area contributed by atoms with Gasteiger partial charge < -0.3 is 19.7 Å². The molecule has 0 aliphatic rings. The van der Waals surface area contributed by atoms with Crippen molar-refractivity contribution < 1.29 is 24.5 Å². The Bertz CT molecular complexity index is 451. The number of rotatable bonds is 5. The van der Waals surface area contributed by atoms with E-state index in [1.54, 1.807) is 19.9 Å². The van der Waals surface area contributed by atoms with Gasteiger partial charge in [-0.15, -0.1) is 0 Å². The van der Waals surface area contributed by atoms with Crippen LogP contribution in [0.15, 0.2) is 12.1 Å². The van der Waals surface area contributed by atoms with Crippen LogP contribution in [0.3, 0.4) is 0 Å². The number of aromatic hydroxyl groups is 1. The Balaban J connectivity index is 3.18. The maximum absolute atomic E-state index is 11.1. The average molecular weight is 254 g/mol. The monoisotopic (exact) mass is 254 g/mol. The van der Waals surface area contributed by atoms with Crippen LogP contribution in [0.4, 0.5) is 0 Å². The van der Waals surface area contributed by atoms with Crippen LogP contribution in [0.2, 0.25) is 0 Å². The van der Waals surface area contributed by atoms with Gasteiger partial charge in [0.15, 0.2) is 11.5 Å². The molecule has 5 nitrogen and oxygen atoms in total. The van der Waals surface area contributed by atoms with Gasteiger partial charge in [0.1, 0.15) is 5.75 Å². The number of hydrogen-bond acceptors (Lipinski definition) is 4. The van der Waals surface area contributed by atoms with Crippen molar-refractivity contribution in [3.05, 3.63) is 17.7 Å². The minimum absolute atomic E-state index is 0.0359. The Hall–Kier alpha value is -1.91. The number of benzene rings is 1. The second-order valence-corrected chi connectivity index (χ2v) is 4.70. The zero-order valence-corrected chi connectivity index (χ0v) is 11.0. The summed E-state index contributed by atoms with van der Waals surface area (Å²) in [5, 5.41) is 18.8. The fourth-order valence-electron chi connectivity index (χ4n) is 1.63. The summed E-state index contributed by atoms with van der Waals surface area (Å²) < 4.78 is 10.1. The fraction of sp³-hybridized carbons (Fsp3) is 0.462. The van der Waals surface area contributed by atoms with Crippen molar-refractivity contribution in [3.8, 4) is 17.2 Å². The van der Waals surface area contributed by atoms with Crippen molar-refractivity contribution in [2.75, 3.05) is 14.2 Å². The average Bonchev–Trinajstić information content (AvgIpc) is 2.30. The number of carboxylic acids is 1. The molecule has 5 heteroatoms. The van der Waals surface area contributed by atoms with Crippen LogP contribution in [-0.2, 0) is 11.2 Å². The molecule has 1 aromatic carbocycles. The third-order valence-corrected chi connectivity index (χ3v) is 2.79. The molecular formula is C13H18O5. The summed E-state index contributed by atoms with van der Waals surface area (Å²) in [6.07, 6.45) is 0.280. The van der Waals surface area contributed by atoms with Crippen LogP contribution in [0, 0.1) is 5.41 Å². The van der Waals surface area contributed by atoms with Gasteiger partial charge in [-0.3, -0.25) is 4.79 Å². The zero-order chi connectivity index (χ0) is 13.9. The molecule has 1 rings (SSSR count). The van der Waals surface area contributed by atoms with Crippen LogP contribution in [0.25, 0.3) is 0 Å². The van der Waals surface area contributed by atoms with Gasteiger partial charge in [0, 0.05) is 6.07 Å². The predicted molar refractivity (Wildman–Crippen MR) is 66.3 cm³/mol. The molecular weight excluding hydrogens is 236 g/mol. The van der Waals surface area contributed by atoms with E-state index in [-0.39, 0.29) is 12.2 Å². The number of methoxy groups -OCH3 is 2. The lowest BCUT2D eigenvalue weighted by molar-refractivity contribution is -0.146. The van der Waals surface area contributed by atoms with Crippen LogP contribution < -0.4 is 9.47 Å². The lowest BCUT2D eigenvalue weighted by Gasteiger charge is -2.21. The number of ether oxygens (including phenoxy) is 2. The van der Waals surface area contributed by atoms with Crippen molar-refractivity contribution in [1.29, 1.82) is 0 Å². The molecule has 0 spiro atoms. The number of phenols is 1. The molecule has 2 N–H and O–H groups in total. The molecule has 0 saturated carbocycles. The molecule has 0 unspecified atom stereocenters. The predicted octanol–water partition coefficient (Wildman–Crippen LogP) is 2.06. The lowest BCUT2D eigenvalue weighted by atomic mass is 9.85. The summed E-state index contributed by atoms with van der Waals surface area (Å²) in [5.74, 6) is -0.183. The quantitative estimate of drug-likeness (QED) is 0.841. The van der Waals surface area contributed by atoms with Gasteiger partial charge in [0.05, 0.1) is 19.6 Å². The van der Waals surface area contributed by atoms with Crippen LogP contribution in [-0.4, -0.2) is 30.4 Å². The minimum atomic E-state index is -0.921. The van der Waals surface area contributed by atoms with Crippen molar-refractivity contribution in [2.24, 2.45) is 5.41 Å². The highest BCUT2D eigenvalue weighted by atomic mass is 16.5. The Kier molecular flexibility index (Phi) is 4.06. The Morgan fingerprint density at radius 2 is 1.78 bits per heavy atom.